The molecule has 9 heteroatoms. The van der Waals surface area contributed by atoms with Crippen LogP contribution in [0.2, 0.25) is 0 Å². The summed E-state index contributed by atoms with van der Waals surface area (Å²) in [6.07, 6.45) is 1.40. The summed E-state index contributed by atoms with van der Waals surface area (Å²) < 4.78 is 17.5. The van der Waals surface area contributed by atoms with Gasteiger partial charge in [0, 0.05) is 20.1 Å². The van der Waals surface area contributed by atoms with Gasteiger partial charge >= 0.3 is 5.97 Å². The van der Waals surface area contributed by atoms with E-state index in [1.165, 1.54) is 26.5 Å². The van der Waals surface area contributed by atoms with Crippen LogP contribution in [0.25, 0.3) is 0 Å². The summed E-state index contributed by atoms with van der Waals surface area (Å²) in [7, 11) is 3.00. The van der Waals surface area contributed by atoms with Gasteiger partial charge in [0.2, 0.25) is 0 Å². The molecule has 1 amide bonds. The maximum atomic E-state index is 12.7. The Hall–Kier alpha value is -3.17. The third-order valence-corrected chi connectivity index (χ3v) is 5.24. The van der Waals surface area contributed by atoms with Crippen molar-refractivity contribution < 1.29 is 23.8 Å². The van der Waals surface area contributed by atoms with E-state index in [4.69, 9.17) is 14.2 Å². The lowest BCUT2D eigenvalue weighted by molar-refractivity contribution is 0.0733. The van der Waals surface area contributed by atoms with Crippen LogP contribution in [0.4, 0.5) is 0 Å². The fourth-order valence-electron chi connectivity index (χ4n) is 2.69. The molecule has 1 N–H and O–H groups in total. The van der Waals surface area contributed by atoms with Crippen LogP contribution < -0.4 is 19.6 Å². The van der Waals surface area contributed by atoms with Gasteiger partial charge in [0.15, 0.2) is 11.5 Å². The first-order chi connectivity index (χ1) is 15.4. The summed E-state index contributed by atoms with van der Waals surface area (Å²) >= 11 is 6.71. The van der Waals surface area contributed by atoms with Crippen molar-refractivity contribution in [3.63, 3.8) is 0 Å². The number of esters is 1. The predicted octanol–water partition coefficient (Wildman–Crippen LogP) is 5.21. The SMILES string of the molecule is COc1ccc(C(=O)Oc2ccc(Br)cc2/C=N\NC(=O)c2cccc(Br)c2)cc1OC. The molecule has 0 bridgehead atoms. The van der Waals surface area contributed by atoms with Crippen LogP contribution in [0, 0.1) is 0 Å². The number of hydrogen-bond acceptors (Lipinski definition) is 6. The lowest BCUT2D eigenvalue weighted by atomic mass is 10.2. The average molecular weight is 562 g/mol. The smallest absolute Gasteiger partial charge is 0.343 e. The number of carbonyl (C=O) groups excluding carboxylic acids is 2. The van der Waals surface area contributed by atoms with Crippen LogP contribution in [-0.2, 0) is 0 Å². The van der Waals surface area contributed by atoms with Gasteiger partial charge in [-0.2, -0.15) is 5.10 Å². The van der Waals surface area contributed by atoms with Crippen molar-refractivity contribution in [2.24, 2.45) is 5.10 Å². The first-order valence-electron chi connectivity index (χ1n) is 9.24. The Morgan fingerprint density at radius 2 is 1.56 bits per heavy atom. The Labute approximate surface area is 201 Å². The summed E-state index contributed by atoms with van der Waals surface area (Å²) in [6.45, 7) is 0. The second-order valence-electron chi connectivity index (χ2n) is 6.35. The summed E-state index contributed by atoms with van der Waals surface area (Å²) in [5, 5.41) is 3.99. The topological polar surface area (TPSA) is 86.2 Å². The highest BCUT2D eigenvalue weighted by molar-refractivity contribution is 9.10. The minimum atomic E-state index is -0.582. The second kappa shape index (κ2) is 10.9. The summed E-state index contributed by atoms with van der Waals surface area (Å²) in [5.41, 5.74) is 3.68. The highest BCUT2D eigenvalue weighted by atomic mass is 79.9. The van der Waals surface area contributed by atoms with Crippen LogP contribution >= 0.6 is 31.9 Å². The number of hydrogen-bond donors (Lipinski definition) is 1. The van der Waals surface area contributed by atoms with Crippen LogP contribution in [-0.4, -0.2) is 32.3 Å². The van der Waals surface area contributed by atoms with Crippen LogP contribution in [0.3, 0.4) is 0 Å². The molecule has 0 atom stereocenters. The number of carbonyl (C=O) groups is 2. The molecule has 0 radical (unpaired) electrons. The zero-order valence-corrected chi connectivity index (χ0v) is 20.3. The van der Waals surface area contributed by atoms with E-state index in [0.29, 0.717) is 22.6 Å². The van der Waals surface area contributed by atoms with Gasteiger partial charge in [0.1, 0.15) is 5.75 Å². The van der Waals surface area contributed by atoms with E-state index < -0.39 is 5.97 Å². The van der Waals surface area contributed by atoms with Crippen LogP contribution in [0.1, 0.15) is 26.3 Å². The normalized spacial score (nSPS) is 10.6. The molecule has 3 rings (SSSR count). The van der Waals surface area contributed by atoms with Crippen LogP contribution in [0.5, 0.6) is 17.2 Å². The third kappa shape index (κ3) is 5.95. The van der Waals surface area contributed by atoms with Crippen LogP contribution in [0.15, 0.2) is 74.7 Å². The van der Waals surface area contributed by atoms with E-state index in [1.807, 2.05) is 6.07 Å². The monoisotopic (exact) mass is 560 g/mol. The zero-order valence-electron chi connectivity index (χ0n) is 17.1. The Morgan fingerprint density at radius 3 is 2.28 bits per heavy atom. The fourth-order valence-corrected chi connectivity index (χ4v) is 3.47. The minimum Gasteiger partial charge on any atom is -0.493 e. The molecular formula is C23H18Br2N2O5. The molecule has 32 heavy (non-hydrogen) atoms. The van der Waals surface area contributed by atoms with E-state index >= 15 is 0 Å². The Bertz CT molecular complexity index is 1180. The summed E-state index contributed by atoms with van der Waals surface area (Å²) in [5.74, 6) is 0.229. The number of ether oxygens (including phenoxy) is 3. The van der Waals surface area contributed by atoms with Gasteiger partial charge in [0.05, 0.1) is 26.0 Å². The minimum absolute atomic E-state index is 0.272. The van der Waals surface area contributed by atoms with Gasteiger partial charge in [-0.05, 0) is 54.6 Å². The lowest BCUT2D eigenvalue weighted by Crippen LogP contribution is -2.17. The maximum absolute atomic E-state index is 12.7. The number of amides is 1. The molecule has 0 spiro atoms. The van der Waals surface area contributed by atoms with Crippen molar-refractivity contribution in [2.45, 2.75) is 0 Å². The third-order valence-electron chi connectivity index (χ3n) is 4.25. The zero-order chi connectivity index (χ0) is 23.1. The van der Waals surface area contributed by atoms with Gasteiger partial charge in [-0.1, -0.05) is 37.9 Å². The lowest BCUT2D eigenvalue weighted by Gasteiger charge is -2.11. The Kier molecular flexibility index (Phi) is 8.02. The van der Waals surface area contributed by atoms with Crippen molar-refractivity contribution in [1.82, 2.24) is 5.43 Å². The number of benzene rings is 3. The molecule has 7 nitrogen and oxygen atoms in total. The first kappa shape index (κ1) is 23.5. The molecule has 3 aromatic rings. The molecule has 0 aliphatic rings. The molecule has 0 saturated carbocycles. The number of hydrazone groups is 1. The van der Waals surface area contributed by atoms with Gasteiger partial charge in [-0.3, -0.25) is 4.79 Å². The number of methoxy groups -OCH3 is 2. The summed E-state index contributed by atoms with van der Waals surface area (Å²) in [6, 6.07) is 16.7. The summed E-state index contributed by atoms with van der Waals surface area (Å²) in [4.78, 5) is 24.9. The number of nitrogens with one attached hydrogen (secondary N) is 1. The van der Waals surface area contributed by atoms with Crippen molar-refractivity contribution in [3.05, 3.63) is 86.3 Å². The highest BCUT2D eigenvalue weighted by Crippen LogP contribution is 2.29. The molecule has 3 aromatic carbocycles. The molecule has 0 fully saturated rings. The number of halogens is 2. The molecule has 0 aliphatic carbocycles. The first-order valence-corrected chi connectivity index (χ1v) is 10.8. The molecule has 0 aromatic heterocycles. The number of nitrogens with zero attached hydrogens (tertiary/aromatic N) is 1. The largest absolute Gasteiger partial charge is 0.493 e. The molecule has 0 unspecified atom stereocenters. The average Bonchev–Trinajstić information content (AvgIpc) is 2.80. The van der Waals surface area contributed by atoms with Gasteiger partial charge in [-0.15, -0.1) is 0 Å². The van der Waals surface area contributed by atoms with Crippen molar-refractivity contribution >= 4 is 50.0 Å². The Balaban J connectivity index is 1.77. The van der Waals surface area contributed by atoms with E-state index in [-0.39, 0.29) is 17.2 Å². The number of rotatable bonds is 7. The van der Waals surface area contributed by atoms with E-state index in [2.05, 4.69) is 42.4 Å². The highest BCUT2D eigenvalue weighted by Gasteiger charge is 2.15. The van der Waals surface area contributed by atoms with Gasteiger partial charge < -0.3 is 14.2 Å². The predicted molar refractivity (Wildman–Crippen MR) is 128 cm³/mol. The molecular weight excluding hydrogens is 544 g/mol. The van der Waals surface area contributed by atoms with Crippen molar-refractivity contribution in [2.75, 3.05) is 14.2 Å². The van der Waals surface area contributed by atoms with Crippen molar-refractivity contribution in [1.29, 1.82) is 0 Å². The molecule has 0 saturated heterocycles. The maximum Gasteiger partial charge on any atom is 0.343 e. The fraction of sp³-hybridized carbons (Fsp3) is 0.0870. The molecule has 0 heterocycles. The van der Waals surface area contributed by atoms with E-state index in [9.17, 15) is 9.59 Å². The van der Waals surface area contributed by atoms with E-state index in [0.717, 1.165) is 8.95 Å². The van der Waals surface area contributed by atoms with Gasteiger partial charge in [-0.25, -0.2) is 10.2 Å². The van der Waals surface area contributed by atoms with Gasteiger partial charge in [0.25, 0.3) is 5.91 Å². The second-order valence-corrected chi connectivity index (χ2v) is 8.18. The quantitative estimate of drug-likeness (QED) is 0.185. The molecule has 0 aliphatic heterocycles. The Morgan fingerprint density at radius 1 is 0.844 bits per heavy atom. The molecule has 164 valence electrons. The van der Waals surface area contributed by atoms with E-state index in [1.54, 1.807) is 48.5 Å². The van der Waals surface area contributed by atoms with Crippen molar-refractivity contribution in [3.8, 4) is 17.2 Å². The standard InChI is InChI=1S/C23H18Br2N2O5/c1-30-20-8-6-15(12-21(20)31-2)23(29)32-19-9-7-18(25)11-16(19)13-26-27-22(28)14-4-3-5-17(24)10-14/h3-13H,1-2H3,(H,27,28)/b26-13-.